The molecular weight excluding hydrogens is 262 g/mol. The predicted octanol–water partition coefficient (Wildman–Crippen LogP) is -0.275. The molecule has 2 N–H and O–H groups in total. The minimum Gasteiger partial charge on any atom is -0.390 e. The predicted molar refractivity (Wildman–Crippen MR) is 65.4 cm³/mol. The van der Waals surface area contributed by atoms with E-state index >= 15 is 0 Å². The van der Waals surface area contributed by atoms with Crippen LogP contribution in [0.15, 0.2) is 0 Å². The van der Waals surface area contributed by atoms with Crippen LogP contribution in [0.3, 0.4) is 0 Å². The molecule has 0 aromatic heterocycles. The fraction of sp³-hybridized carbons (Fsp3) is 0.909. The molecule has 106 valence electrons. The number of rotatable bonds is 5. The summed E-state index contributed by atoms with van der Waals surface area (Å²) < 4.78 is 15.8. The molecule has 1 amide bonds. The number of halogens is 1. The maximum absolute atomic E-state index is 11.3. The molecule has 18 heavy (non-hydrogen) atoms. The number of carbonyl (C=O) groups is 1. The molecule has 0 spiro atoms. The van der Waals surface area contributed by atoms with E-state index in [1.807, 2.05) is 6.92 Å². The molecule has 0 aromatic rings. The normalized spacial score (nSPS) is 36.4. The summed E-state index contributed by atoms with van der Waals surface area (Å²) >= 11 is 5.43. The van der Waals surface area contributed by atoms with Crippen LogP contribution in [0.5, 0.6) is 0 Å². The Balaban J connectivity index is 2.74. The number of alkyl halides is 1. The molecule has 5 atom stereocenters. The first kappa shape index (κ1) is 15.7. The maximum Gasteiger partial charge on any atom is 0.235 e. The number of aliphatic hydroxyl groups is 1. The lowest BCUT2D eigenvalue weighted by Crippen LogP contribution is -2.62. The molecule has 0 bridgehead atoms. The van der Waals surface area contributed by atoms with E-state index in [1.54, 1.807) is 7.11 Å². The SMILES string of the molecule is COCC1OC(OC)C(NC(=O)CCl)C(O)C1C. The van der Waals surface area contributed by atoms with Crippen molar-refractivity contribution in [3.05, 3.63) is 0 Å². The van der Waals surface area contributed by atoms with E-state index in [-0.39, 0.29) is 23.8 Å². The van der Waals surface area contributed by atoms with Crippen LogP contribution in [-0.4, -0.2) is 62.3 Å². The van der Waals surface area contributed by atoms with Crippen LogP contribution in [0.4, 0.5) is 0 Å². The van der Waals surface area contributed by atoms with Gasteiger partial charge in [0.25, 0.3) is 0 Å². The third-order valence-corrected chi connectivity index (χ3v) is 3.35. The second-order valence-corrected chi connectivity index (χ2v) is 4.58. The van der Waals surface area contributed by atoms with Crippen LogP contribution in [0.25, 0.3) is 0 Å². The Labute approximate surface area is 112 Å². The third-order valence-electron chi connectivity index (χ3n) is 3.11. The number of hydrogen-bond acceptors (Lipinski definition) is 5. The molecular formula is C11H20ClNO5. The number of carbonyl (C=O) groups excluding carboxylic acids is 1. The van der Waals surface area contributed by atoms with Gasteiger partial charge in [-0.25, -0.2) is 0 Å². The summed E-state index contributed by atoms with van der Waals surface area (Å²) in [5.74, 6) is -0.726. The van der Waals surface area contributed by atoms with Crippen molar-refractivity contribution in [2.45, 2.75) is 31.5 Å². The number of nitrogens with one attached hydrogen (secondary N) is 1. The first-order chi connectivity index (χ1) is 8.54. The van der Waals surface area contributed by atoms with Crippen molar-refractivity contribution in [2.24, 2.45) is 5.92 Å². The van der Waals surface area contributed by atoms with Crippen molar-refractivity contribution < 1.29 is 24.1 Å². The first-order valence-corrected chi connectivity index (χ1v) is 6.29. The summed E-state index contributed by atoms with van der Waals surface area (Å²) in [7, 11) is 3.02. The van der Waals surface area contributed by atoms with Crippen LogP contribution in [0.1, 0.15) is 6.92 Å². The fourth-order valence-corrected chi connectivity index (χ4v) is 2.10. The lowest BCUT2D eigenvalue weighted by atomic mass is 9.89. The van der Waals surface area contributed by atoms with E-state index in [9.17, 15) is 9.90 Å². The van der Waals surface area contributed by atoms with Crippen molar-refractivity contribution in [2.75, 3.05) is 26.7 Å². The fourth-order valence-electron chi connectivity index (χ4n) is 2.02. The van der Waals surface area contributed by atoms with E-state index in [4.69, 9.17) is 25.8 Å². The molecule has 0 saturated carbocycles. The second-order valence-electron chi connectivity index (χ2n) is 4.31. The number of methoxy groups -OCH3 is 2. The van der Waals surface area contributed by atoms with Crippen LogP contribution >= 0.6 is 11.6 Å². The molecule has 0 aliphatic carbocycles. The Morgan fingerprint density at radius 2 is 2.17 bits per heavy atom. The van der Waals surface area contributed by atoms with Crippen molar-refractivity contribution in [3.8, 4) is 0 Å². The Bertz CT molecular complexity index is 276. The Kier molecular flexibility index (Phi) is 6.31. The number of amides is 1. The maximum atomic E-state index is 11.3. The second kappa shape index (κ2) is 7.25. The van der Waals surface area contributed by atoms with Gasteiger partial charge in [-0.05, 0) is 0 Å². The minimum atomic E-state index is -0.781. The van der Waals surface area contributed by atoms with Crippen LogP contribution < -0.4 is 5.32 Å². The lowest BCUT2D eigenvalue weighted by Gasteiger charge is -2.43. The monoisotopic (exact) mass is 281 g/mol. The van der Waals surface area contributed by atoms with E-state index < -0.39 is 18.4 Å². The van der Waals surface area contributed by atoms with Gasteiger partial charge in [0.1, 0.15) is 11.9 Å². The minimum absolute atomic E-state index is 0.171. The van der Waals surface area contributed by atoms with Gasteiger partial charge in [0.2, 0.25) is 5.91 Å². The highest BCUT2D eigenvalue weighted by atomic mass is 35.5. The Morgan fingerprint density at radius 1 is 1.50 bits per heavy atom. The number of hydrogen-bond donors (Lipinski definition) is 2. The average Bonchev–Trinajstić information content (AvgIpc) is 2.38. The molecule has 1 aliphatic rings. The van der Waals surface area contributed by atoms with Gasteiger partial charge in [0, 0.05) is 20.1 Å². The summed E-state index contributed by atoms with van der Waals surface area (Å²) in [5.41, 5.74) is 0. The average molecular weight is 282 g/mol. The molecule has 6 nitrogen and oxygen atoms in total. The van der Waals surface area contributed by atoms with Crippen molar-refractivity contribution in [3.63, 3.8) is 0 Å². The van der Waals surface area contributed by atoms with Crippen molar-refractivity contribution >= 4 is 17.5 Å². The zero-order chi connectivity index (χ0) is 13.7. The first-order valence-electron chi connectivity index (χ1n) is 5.75. The number of aliphatic hydroxyl groups excluding tert-OH is 1. The highest BCUT2D eigenvalue weighted by Crippen LogP contribution is 2.26. The highest BCUT2D eigenvalue weighted by Gasteiger charge is 2.43. The molecule has 5 unspecified atom stereocenters. The third kappa shape index (κ3) is 3.55. The summed E-state index contributed by atoms with van der Waals surface area (Å²) in [6.07, 6.45) is -1.78. The van der Waals surface area contributed by atoms with Gasteiger partial charge in [0.05, 0.1) is 18.8 Å². The van der Waals surface area contributed by atoms with E-state index in [0.717, 1.165) is 0 Å². The molecule has 1 aliphatic heterocycles. The molecule has 1 saturated heterocycles. The Morgan fingerprint density at radius 3 is 2.67 bits per heavy atom. The topological polar surface area (TPSA) is 77.0 Å². The zero-order valence-corrected chi connectivity index (χ0v) is 11.5. The Hall–Kier alpha value is -0.400. The van der Waals surface area contributed by atoms with E-state index in [1.165, 1.54) is 7.11 Å². The van der Waals surface area contributed by atoms with Gasteiger partial charge >= 0.3 is 0 Å². The molecule has 1 fully saturated rings. The van der Waals surface area contributed by atoms with Crippen LogP contribution in [0, 0.1) is 5.92 Å². The van der Waals surface area contributed by atoms with Gasteiger partial charge in [-0.3, -0.25) is 4.79 Å². The number of ether oxygens (including phenoxy) is 3. The smallest absolute Gasteiger partial charge is 0.235 e. The van der Waals surface area contributed by atoms with Crippen molar-refractivity contribution in [1.82, 2.24) is 5.32 Å². The van der Waals surface area contributed by atoms with Gasteiger partial charge < -0.3 is 24.6 Å². The van der Waals surface area contributed by atoms with E-state index in [0.29, 0.717) is 6.61 Å². The molecule has 0 aromatic carbocycles. The summed E-state index contributed by atoms with van der Waals surface area (Å²) in [5, 5.41) is 12.8. The molecule has 0 radical (unpaired) electrons. The van der Waals surface area contributed by atoms with Crippen molar-refractivity contribution in [1.29, 1.82) is 0 Å². The highest BCUT2D eigenvalue weighted by molar-refractivity contribution is 6.27. The molecule has 1 heterocycles. The quantitative estimate of drug-likeness (QED) is 0.678. The van der Waals surface area contributed by atoms with Gasteiger partial charge in [-0.1, -0.05) is 6.92 Å². The van der Waals surface area contributed by atoms with Crippen LogP contribution in [0.2, 0.25) is 0 Å². The van der Waals surface area contributed by atoms with Crippen LogP contribution in [-0.2, 0) is 19.0 Å². The standard InChI is InChI=1S/C11H20ClNO5/c1-6-7(5-16-2)18-11(17-3)9(10(6)15)13-8(14)4-12/h6-7,9-11,15H,4-5H2,1-3H3,(H,13,14). The van der Waals surface area contributed by atoms with Gasteiger partial charge in [0.15, 0.2) is 6.29 Å². The van der Waals surface area contributed by atoms with Gasteiger partial charge in [-0.15, -0.1) is 11.6 Å². The van der Waals surface area contributed by atoms with E-state index in [2.05, 4.69) is 5.32 Å². The summed E-state index contributed by atoms with van der Waals surface area (Å²) in [6, 6.07) is -0.635. The largest absolute Gasteiger partial charge is 0.390 e. The zero-order valence-electron chi connectivity index (χ0n) is 10.8. The molecule has 1 rings (SSSR count). The summed E-state index contributed by atoms with van der Waals surface area (Å²) in [4.78, 5) is 11.3. The summed E-state index contributed by atoms with van der Waals surface area (Å²) in [6.45, 7) is 2.19. The lowest BCUT2D eigenvalue weighted by molar-refractivity contribution is -0.247. The molecule has 7 heteroatoms. The van der Waals surface area contributed by atoms with Gasteiger partial charge in [-0.2, -0.15) is 0 Å².